The highest BCUT2D eigenvalue weighted by molar-refractivity contribution is 7.47. The minimum absolute atomic E-state index is 0.0322. The highest BCUT2D eigenvalue weighted by Gasteiger charge is 2.37. The highest BCUT2D eigenvalue weighted by Crippen LogP contribution is 2.43. The molecule has 43 nitrogen and oxygen atoms in total. The zero-order valence-corrected chi connectivity index (χ0v) is 77.6. The summed E-state index contributed by atoms with van der Waals surface area (Å²) >= 11 is 0. The van der Waals surface area contributed by atoms with Gasteiger partial charge >= 0.3 is 117 Å². The summed E-state index contributed by atoms with van der Waals surface area (Å²) in [4.78, 5) is 206. The molecular formula is C87H122O43P2. The number of phosphoric acid groups is 2. The molecule has 0 spiro atoms. The van der Waals surface area contributed by atoms with E-state index in [1.807, 2.05) is 6.92 Å². The third-order valence-electron chi connectivity index (χ3n) is 14.0. The van der Waals surface area contributed by atoms with Crippen LogP contribution in [0.2, 0.25) is 0 Å². The predicted octanol–water partition coefficient (Wildman–Crippen LogP) is 8.07. The number of esters is 17. The van der Waals surface area contributed by atoms with Gasteiger partial charge in [0.05, 0.1) is 49.3 Å². The average molecular weight is 1920 g/mol. The van der Waals surface area contributed by atoms with Gasteiger partial charge in [0.15, 0.2) is 0 Å². The van der Waals surface area contributed by atoms with E-state index in [1.165, 1.54) is 34.6 Å². The molecule has 0 aromatic rings. The van der Waals surface area contributed by atoms with Crippen LogP contribution in [-0.2, 0) is 189 Å². The summed E-state index contributed by atoms with van der Waals surface area (Å²) in [6.07, 6.45) is 10.7. The first-order chi connectivity index (χ1) is 61.6. The fourth-order valence-corrected chi connectivity index (χ4v) is 7.74. The second-order valence-corrected chi connectivity index (χ2v) is 28.6. The van der Waals surface area contributed by atoms with Crippen molar-refractivity contribution in [2.24, 2.45) is 16.2 Å². The van der Waals surface area contributed by atoms with Gasteiger partial charge in [-0.25, -0.2) is 90.6 Å². The Balaban J connectivity index is -0.000000279. The minimum atomic E-state index is -4.29. The van der Waals surface area contributed by atoms with E-state index in [2.05, 4.69) is 168 Å². The van der Waals surface area contributed by atoms with E-state index in [-0.39, 0.29) is 167 Å². The molecule has 0 aromatic carbocycles. The Bertz CT molecular complexity index is 3720. The molecule has 0 rings (SSSR count). The average Bonchev–Trinajstić information content (AvgIpc) is 0.947. The first-order valence-electron chi connectivity index (χ1n) is 38.2. The first-order valence-corrected chi connectivity index (χ1v) is 41.2. The van der Waals surface area contributed by atoms with E-state index >= 15 is 0 Å². The maximum Gasteiger partial charge on any atom is 0.472 e. The Morgan fingerprint density at radius 1 is 0.227 bits per heavy atom. The second-order valence-electron chi connectivity index (χ2n) is 25.7. The number of rotatable bonds is 60. The predicted molar refractivity (Wildman–Crippen MR) is 470 cm³/mol. The molecule has 132 heavy (non-hydrogen) atoms. The molecule has 0 heterocycles. The lowest BCUT2D eigenvalue weighted by Crippen LogP contribution is -2.42. The molecule has 0 saturated heterocycles. The standard InChI is InChI=1S/C18H26O6.C15H20O6.C14H18O7.C12H19O8P.C10H15O8P.C10H14O4.C8H10O4/c1-8-18(9-22-15(19)12(2)3,10-23-16(20)13(4)5)11-24-17(21)14(6)7;1-5-12(16)19-9-15(8-4,10-20-13(17)6-2)11-21-14(18)7-3;1-4-11(16)19-8-14(7-15,9-20-12(17)5-2)10-21-13(18)6-3;1-9(2)11(13)17-5-7-19-21(15,16)20-8-6-18-12(14)10(3)4;1-3-9(11)15-5-7-17-19(13,14)18-8-6-16-10(12)4-2;1-7(2)9(11)13-5-6-14-10(12)8(3)4;1-3-7(9)11-5-6-12-8(10)4-2/h2,4,6,8-11H2,1,3,5,7H3;5-7H,1-3,8-11H2,4H3;4-6,15H,1-3,7-10H2;1,3,5-8H2,2,4H3,(H,15,16);3-4H,1-2,5-8H2,(H,13,14);1,3,5-6H2,2,4H3;3-4H,1-2,5-6H2. The number of ether oxygens (including phenoxy) is 17. The van der Waals surface area contributed by atoms with Crippen LogP contribution in [0.5, 0.6) is 0 Å². The van der Waals surface area contributed by atoms with E-state index in [0.717, 1.165) is 60.8 Å². The maximum absolute atomic E-state index is 11.6. The van der Waals surface area contributed by atoms with E-state index in [9.17, 15) is 101 Å². The van der Waals surface area contributed by atoms with Crippen molar-refractivity contribution in [3.05, 3.63) is 212 Å². The van der Waals surface area contributed by atoms with E-state index in [1.54, 1.807) is 20.8 Å². The molecule has 0 radical (unpaired) electrons. The third kappa shape index (κ3) is 75.7. The van der Waals surface area contributed by atoms with Crippen LogP contribution in [0, 0.1) is 16.2 Å². The number of carbonyl (C=O) groups excluding carboxylic acids is 17. The Morgan fingerprint density at radius 2 is 0.356 bits per heavy atom. The van der Waals surface area contributed by atoms with Crippen molar-refractivity contribution in [1.82, 2.24) is 0 Å². The summed E-state index contributed by atoms with van der Waals surface area (Å²) in [6, 6.07) is 0. The highest BCUT2D eigenvalue weighted by atomic mass is 31.2. The van der Waals surface area contributed by atoms with Gasteiger partial charge in [0.25, 0.3) is 0 Å². The van der Waals surface area contributed by atoms with Gasteiger partial charge in [-0.2, -0.15) is 0 Å². The van der Waals surface area contributed by atoms with E-state index < -0.39 is 140 Å². The van der Waals surface area contributed by atoms with Crippen molar-refractivity contribution < 1.29 is 204 Å². The number of hydrogen-bond donors (Lipinski definition) is 3. The molecule has 3 N–H and O–H groups in total. The largest absolute Gasteiger partial charge is 0.472 e. The van der Waals surface area contributed by atoms with Crippen LogP contribution in [-0.4, -0.2) is 262 Å². The molecule has 0 unspecified atom stereocenters. The lowest BCUT2D eigenvalue weighted by atomic mass is 9.88. The van der Waals surface area contributed by atoms with Crippen LogP contribution >= 0.6 is 15.6 Å². The van der Waals surface area contributed by atoms with Crippen LogP contribution in [0.1, 0.15) is 75.2 Å². The summed E-state index contributed by atoms with van der Waals surface area (Å²) in [5.41, 5.74) is -1.19. The zero-order valence-electron chi connectivity index (χ0n) is 75.8. The quantitative estimate of drug-likeness (QED) is 0.0170. The van der Waals surface area contributed by atoms with Crippen LogP contribution in [0.4, 0.5) is 0 Å². The molecule has 0 atom stereocenters. The summed E-state index contributed by atoms with van der Waals surface area (Å²) in [7, 11) is -8.55. The number of phosphoric ester groups is 2. The smallest absolute Gasteiger partial charge is 0.462 e. The van der Waals surface area contributed by atoms with Crippen molar-refractivity contribution in [1.29, 1.82) is 0 Å². The van der Waals surface area contributed by atoms with Crippen molar-refractivity contribution in [3.8, 4) is 0 Å². The number of aliphatic hydroxyl groups is 1. The molecule has 0 bridgehead atoms. The Hall–Kier alpha value is -13.3. The van der Waals surface area contributed by atoms with Crippen molar-refractivity contribution in [2.75, 3.05) is 145 Å². The van der Waals surface area contributed by atoms with Gasteiger partial charge in [0.1, 0.15) is 112 Å². The lowest BCUT2D eigenvalue weighted by molar-refractivity contribution is -0.160. The number of carbonyl (C=O) groups is 17. The fourth-order valence-electron chi connectivity index (χ4n) is 6.37. The Labute approximate surface area is 766 Å². The van der Waals surface area contributed by atoms with Gasteiger partial charge in [0, 0.05) is 99.8 Å². The van der Waals surface area contributed by atoms with Gasteiger partial charge in [-0.05, 0) is 61.3 Å². The molecule has 0 aliphatic heterocycles. The van der Waals surface area contributed by atoms with Gasteiger partial charge in [-0.3, -0.25) is 18.1 Å². The van der Waals surface area contributed by atoms with E-state index in [4.69, 9.17) is 47.5 Å². The molecule has 0 saturated carbocycles. The SMILES string of the molecule is C=C(C)C(=O)OCC(CC)(COC(=O)C(=C)C)COC(=O)C(=C)C.C=C(C)C(=O)OCCOC(=O)C(=C)C.C=C(C)C(=O)OCCOP(=O)(O)OCCOC(=O)C(=C)C.C=CC(=O)OCC(CC)(COC(=O)C=C)COC(=O)C=C.C=CC(=O)OCC(CO)(COC(=O)C=C)COC(=O)C=C.C=CC(=O)OCCOC(=O)C=C.C=CC(=O)OCCOP(=O)(O)OCCOC(=O)C=C. The summed E-state index contributed by atoms with van der Waals surface area (Å²) in [5, 5.41) is 9.48. The van der Waals surface area contributed by atoms with E-state index in [0.29, 0.717) is 24.0 Å². The van der Waals surface area contributed by atoms with Crippen LogP contribution in [0.25, 0.3) is 0 Å². The molecule has 0 fully saturated rings. The Kier molecular flexibility index (Phi) is 77.6. The topological polar surface area (TPSA) is 579 Å². The molecule has 0 aromatic heterocycles. The molecule has 738 valence electrons. The summed E-state index contributed by atoms with van der Waals surface area (Å²) in [5.74, 6) is -10.4. The molecule has 45 heteroatoms. The van der Waals surface area contributed by atoms with Gasteiger partial charge in [0.2, 0.25) is 0 Å². The van der Waals surface area contributed by atoms with Crippen LogP contribution < -0.4 is 0 Å². The number of hydrogen-bond acceptors (Lipinski definition) is 41. The van der Waals surface area contributed by atoms with Gasteiger partial charge < -0.3 is 95.4 Å². The molecular weight excluding hydrogens is 1790 g/mol. The molecule has 0 amide bonds. The van der Waals surface area contributed by atoms with Gasteiger partial charge in [-0.15, -0.1) is 0 Å². The van der Waals surface area contributed by atoms with Crippen molar-refractivity contribution in [2.45, 2.75) is 75.2 Å². The van der Waals surface area contributed by atoms with Crippen LogP contribution in [0.3, 0.4) is 0 Å². The van der Waals surface area contributed by atoms with Crippen LogP contribution in [0.15, 0.2) is 212 Å². The molecule has 0 aliphatic rings. The monoisotopic (exact) mass is 1920 g/mol. The lowest BCUT2D eigenvalue weighted by Gasteiger charge is -2.31. The zero-order chi connectivity index (χ0) is 103. The summed E-state index contributed by atoms with van der Waals surface area (Å²) in [6.45, 7) is 66.5. The molecule has 0 aliphatic carbocycles. The van der Waals surface area contributed by atoms with Crippen molar-refractivity contribution >= 4 is 117 Å². The number of aliphatic hydroxyl groups excluding tert-OH is 1. The first kappa shape index (κ1) is 132. The maximum atomic E-state index is 11.6. The minimum Gasteiger partial charge on any atom is -0.462 e. The third-order valence-corrected chi connectivity index (χ3v) is 16.1. The fraction of sp³-hybridized carbons (Fsp3) is 0.414. The Morgan fingerprint density at radius 3 is 0.508 bits per heavy atom. The normalized spacial score (nSPS) is 10.1. The second kappa shape index (κ2) is 77.7. The van der Waals surface area contributed by atoms with Gasteiger partial charge in [-0.1, -0.05) is 126 Å². The van der Waals surface area contributed by atoms with Crippen molar-refractivity contribution in [3.63, 3.8) is 0 Å². The summed E-state index contributed by atoms with van der Waals surface area (Å²) < 4.78 is 122.